The molecule has 6 nitrogen and oxygen atoms in total. The van der Waals surface area contributed by atoms with Gasteiger partial charge in [-0.1, -0.05) is 44.9 Å². The van der Waals surface area contributed by atoms with Crippen LogP contribution >= 0.6 is 23.5 Å². The van der Waals surface area contributed by atoms with Crippen LogP contribution in [0.2, 0.25) is 0 Å². The Morgan fingerprint density at radius 2 is 1.89 bits per heavy atom. The molecule has 3 unspecified atom stereocenters. The highest BCUT2D eigenvalue weighted by Crippen LogP contribution is 2.37. The Morgan fingerprint density at radius 1 is 1.21 bits per heavy atom. The molecule has 0 aromatic carbocycles. The smallest absolute Gasteiger partial charge is 0.317 e. The highest BCUT2D eigenvalue weighted by molar-refractivity contribution is 8.14. The molecule has 28 heavy (non-hydrogen) atoms. The highest BCUT2D eigenvalue weighted by atomic mass is 32.2. The van der Waals surface area contributed by atoms with Crippen molar-refractivity contribution in [3.63, 3.8) is 0 Å². The zero-order valence-electron chi connectivity index (χ0n) is 17.6. The molecular formula is C20H36N2O4S2. The van der Waals surface area contributed by atoms with E-state index in [0.717, 1.165) is 13.0 Å². The molecule has 0 spiro atoms. The molecule has 2 rings (SSSR count). The maximum Gasteiger partial charge on any atom is 0.317 e. The van der Waals surface area contributed by atoms with Crippen LogP contribution in [0, 0.1) is 5.92 Å². The number of nitrogens with zero attached hydrogens (tertiary/aromatic N) is 2. The number of aliphatic carboxylic acids is 1. The molecule has 0 amide bonds. The fraction of sp³-hybridized carbons (Fsp3) is 0.900. The maximum absolute atomic E-state index is 11.6. The van der Waals surface area contributed by atoms with Crippen LogP contribution in [0.4, 0.5) is 0 Å². The first-order chi connectivity index (χ1) is 13.3. The van der Waals surface area contributed by atoms with Gasteiger partial charge in [-0.05, 0) is 25.2 Å². The summed E-state index contributed by atoms with van der Waals surface area (Å²) in [6, 6.07) is 0. The summed E-state index contributed by atoms with van der Waals surface area (Å²) in [5.41, 5.74) is 0. The lowest BCUT2D eigenvalue weighted by Gasteiger charge is -2.35. The number of rotatable bonds is 10. The third-order valence-electron chi connectivity index (χ3n) is 5.60. The van der Waals surface area contributed by atoms with Crippen molar-refractivity contribution < 1.29 is 19.5 Å². The number of hydrogen-bond acceptors (Lipinski definition) is 7. The van der Waals surface area contributed by atoms with Crippen molar-refractivity contribution in [2.45, 2.75) is 81.2 Å². The largest absolute Gasteiger partial charge is 0.480 e. The van der Waals surface area contributed by atoms with Crippen LogP contribution in [0.25, 0.3) is 0 Å². The number of carboxylic acid groups (broad SMARTS) is 1. The number of hydroxylamine groups is 2. The average Bonchev–Trinajstić information content (AvgIpc) is 3.00. The molecule has 162 valence electrons. The molecule has 0 aromatic heterocycles. The first-order valence-corrected chi connectivity index (χ1v) is 12.2. The van der Waals surface area contributed by atoms with Gasteiger partial charge < -0.3 is 9.94 Å². The quantitative estimate of drug-likeness (QED) is 0.524. The zero-order chi connectivity index (χ0) is 20.7. The number of thioether (sulfide) groups is 2. The van der Waals surface area contributed by atoms with Gasteiger partial charge in [0.25, 0.3) is 0 Å². The lowest BCUT2D eigenvalue weighted by atomic mass is 10.0. The van der Waals surface area contributed by atoms with Crippen LogP contribution in [0.3, 0.4) is 0 Å². The van der Waals surface area contributed by atoms with Gasteiger partial charge in [0.2, 0.25) is 0 Å². The summed E-state index contributed by atoms with van der Waals surface area (Å²) in [5.74, 6) is -0.476. The lowest BCUT2D eigenvalue weighted by molar-refractivity contribution is -0.193. The normalized spacial score (nSPS) is 25.5. The number of hydrogen-bond donors (Lipinski definition) is 1. The minimum atomic E-state index is -0.803. The first-order valence-electron chi connectivity index (χ1n) is 10.4. The molecule has 2 aliphatic rings. The van der Waals surface area contributed by atoms with Crippen molar-refractivity contribution in [2.24, 2.45) is 5.92 Å². The van der Waals surface area contributed by atoms with E-state index < -0.39 is 5.97 Å². The van der Waals surface area contributed by atoms with Crippen molar-refractivity contribution >= 4 is 34.6 Å². The van der Waals surface area contributed by atoms with E-state index in [1.54, 1.807) is 14.0 Å². The summed E-state index contributed by atoms with van der Waals surface area (Å²) in [4.78, 5) is 30.8. The molecule has 0 aromatic rings. The fourth-order valence-corrected chi connectivity index (χ4v) is 6.78. The topological polar surface area (TPSA) is 70.1 Å². The predicted molar refractivity (Wildman–Crippen MR) is 116 cm³/mol. The van der Waals surface area contributed by atoms with Gasteiger partial charge in [0.05, 0.1) is 19.8 Å². The summed E-state index contributed by atoms with van der Waals surface area (Å²) < 4.78 is 0. The van der Waals surface area contributed by atoms with Crippen LogP contribution in [0.5, 0.6) is 0 Å². The van der Waals surface area contributed by atoms with Crippen molar-refractivity contribution in [3.05, 3.63) is 0 Å². The Balaban J connectivity index is 2.05. The highest BCUT2D eigenvalue weighted by Gasteiger charge is 2.39. The lowest BCUT2D eigenvalue weighted by Crippen LogP contribution is -2.48. The van der Waals surface area contributed by atoms with Crippen LogP contribution in [-0.2, 0) is 14.4 Å². The van der Waals surface area contributed by atoms with Gasteiger partial charge in [-0.3, -0.25) is 14.5 Å². The Labute approximate surface area is 178 Å². The van der Waals surface area contributed by atoms with Crippen molar-refractivity contribution in [1.82, 2.24) is 9.96 Å². The fourth-order valence-electron chi connectivity index (χ4n) is 4.15. The third kappa shape index (κ3) is 7.52. The zero-order valence-corrected chi connectivity index (χ0v) is 19.3. The molecule has 8 heteroatoms. The van der Waals surface area contributed by atoms with Crippen molar-refractivity contribution in [1.29, 1.82) is 0 Å². The Kier molecular flexibility index (Phi) is 10.1. The molecule has 0 bridgehead atoms. The minimum Gasteiger partial charge on any atom is -0.480 e. The van der Waals surface area contributed by atoms with Crippen LogP contribution in [0.1, 0.15) is 59.3 Å². The number of likely N-dealkylation sites (tertiary alicyclic amines) is 1. The van der Waals surface area contributed by atoms with Gasteiger partial charge >= 0.3 is 5.97 Å². The second kappa shape index (κ2) is 11.8. The van der Waals surface area contributed by atoms with Gasteiger partial charge in [-0.15, -0.1) is 0 Å². The molecule has 1 aliphatic carbocycles. The SMILES string of the molecule is CON(CC(SC(C)=O)C(C)C)C1CC(SC2CCCCC2)CN1CC(=O)O. The molecule has 1 saturated heterocycles. The maximum atomic E-state index is 11.6. The summed E-state index contributed by atoms with van der Waals surface area (Å²) in [7, 11) is 1.65. The summed E-state index contributed by atoms with van der Waals surface area (Å²) >= 11 is 3.40. The summed E-state index contributed by atoms with van der Waals surface area (Å²) in [6.07, 6.45) is 7.38. The van der Waals surface area contributed by atoms with E-state index in [0.29, 0.717) is 23.0 Å². The number of carbonyl (C=O) groups excluding carboxylic acids is 1. The summed E-state index contributed by atoms with van der Waals surface area (Å²) in [5, 5.41) is 12.7. The predicted octanol–water partition coefficient (Wildman–Crippen LogP) is 3.71. The van der Waals surface area contributed by atoms with E-state index in [1.807, 2.05) is 9.96 Å². The Bertz CT molecular complexity index is 514. The van der Waals surface area contributed by atoms with Gasteiger partial charge in [-0.2, -0.15) is 16.8 Å². The molecule has 0 radical (unpaired) electrons. The van der Waals surface area contributed by atoms with Crippen LogP contribution in [0.15, 0.2) is 0 Å². The van der Waals surface area contributed by atoms with Gasteiger partial charge in [0, 0.05) is 35.8 Å². The van der Waals surface area contributed by atoms with E-state index in [4.69, 9.17) is 4.84 Å². The molecule has 1 saturated carbocycles. The molecule has 2 fully saturated rings. The van der Waals surface area contributed by atoms with Crippen molar-refractivity contribution in [3.8, 4) is 0 Å². The summed E-state index contributed by atoms with van der Waals surface area (Å²) in [6.45, 7) is 7.24. The minimum absolute atomic E-state index is 0.0262. The first kappa shape index (κ1) is 24.0. The second-order valence-electron chi connectivity index (χ2n) is 8.23. The molecule has 1 aliphatic heterocycles. The van der Waals surface area contributed by atoms with E-state index >= 15 is 0 Å². The average molecular weight is 433 g/mol. The van der Waals surface area contributed by atoms with Crippen LogP contribution in [-0.4, -0.2) is 74.8 Å². The standard InChI is InChI=1S/C20H36N2O4S2/c1-14(2)18(27-15(3)23)12-22(26-4)19-10-17(11-21(19)13-20(24)25)28-16-8-6-5-7-9-16/h14,16-19H,5-13H2,1-4H3,(H,24,25). The molecule has 1 heterocycles. The Hall–Kier alpha value is -0.280. The van der Waals surface area contributed by atoms with Gasteiger partial charge in [0.15, 0.2) is 5.12 Å². The third-order valence-corrected chi connectivity index (χ3v) is 8.51. The van der Waals surface area contributed by atoms with Crippen LogP contribution < -0.4 is 0 Å². The van der Waals surface area contributed by atoms with Crippen molar-refractivity contribution in [2.75, 3.05) is 26.7 Å². The van der Waals surface area contributed by atoms with E-state index in [-0.39, 0.29) is 23.1 Å². The van der Waals surface area contributed by atoms with E-state index in [9.17, 15) is 14.7 Å². The van der Waals surface area contributed by atoms with Gasteiger partial charge in [0.1, 0.15) is 0 Å². The van der Waals surface area contributed by atoms with E-state index in [2.05, 4.69) is 25.6 Å². The van der Waals surface area contributed by atoms with Gasteiger partial charge in [-0.25, -0.2) is 0 Å². The Morgan fingerprint density at radius 3 is 2.43 bits per heavy atom. The van der Waals surface area contributed by atoms with E-state index in [1.165, 1.54) is 43.9 Å². The number of carbonyl (C=O) groups is 2. The number of carboxylic acids is 1. The molecule has 3 atom stereocenters. The second-order valence-corrected chi connectivity index (χ2v) is 11.3. The molecular weight excluding hydrogens is 396 g/mol. The monoisotopic (exact) mass is 432 g/mol. The molecule has 1 N–H and O–H groups in total.